The van der Waals surface area contributed by atoms with Crippen molar-refractivity contribution in [1.29, 1.82) is 5.26 Å². The second kappa shape index (κ2) is 5.54. The number of Topliss-reactive ketones (excluding diaryl/α,β-unsaturated/α-hetero) is 1. The van der Waals surface area contributed by atoms with Crippen molar-refractivity contribution in [3.05, 3.63) is 62.2 Å². The highest BCUT2D eigenvalue weighted by atomic mass is 16.2. The third-order valence-corrected chi connectivity index (χ3v) is 3.02. The van der Waals surface area contributed by atoms with Gasteiger partial charge in [-0.25, -0.2) is 9.78 Å². The standard InChI is InChI=1S/C14H12N4O3/c1-9(19)12-8-18(14(21)17(2)13(12)20)7-10-3-4-16-11(5-10)6-15/h3-5,8H,7H2,1-2H3. The molecule has 0 atom stereocenters. The van der Waals surface area contributed by atoms with Gasteiger partial charge in [0.2, 0.25) is 0 Å². The lowest BCUT2D eigenvalue weighted by Gasteiger charge is -2.09. The van der Waals surface area contributed by atoms with Crippen molar-refractivity contribution in [1.82, 2.24) is 14.1 Å². The van der Waals surface area contributed by atoms with Gasteiger partial charge in [-0.2, -0.15) is 5.26 Å². The summed E-state index contributed by atoms with van der Waals surface area (Å²) in [5.41, 5.74) is -0.280. The Bertz CT molecular complexity index is 871. The zero-order chi connectivity index (χ0) is 15.6. The van der Waals surface area contributed by atoms with E-state index in [9.17, 15) is 14.4 Å². The largest absolute Gasteiger partial charge is 0.331 e. The molecular formula is C14H12N4O3. The van der Waals surface area contributed by atoms with Crippen LogP contribution in [-0.4, -0.2) is 19.9 Å². The molecule has 0 amide bonds. The lowest BCUT2D eigenvalue weighted by atomic mass is 10.2. The summed E-state index contributed by atoms with van der Waals surface area (Å²) in [4.78, 5) is 39.2. The molecule has 0 bridgehead atoms. The first-order chi connectivity index (χ1) is 9.93. The van der Waals surface area contributed by atoms with E-state index in [1.54, 1.807) is 12.1 Å². The SMILES string of the molecule is CC(=O)c1cn(Cc2ccnc(C#N)c2)c(=O)n(C)c1=O. The molecule has 2 rings (SSSR count). The summed E-state index contributed by atoms with van der Waals surface area (Å²) >= 11 is 0. The van der Waals surface area contributed by atoms with Crippen molar-refractivity contribution < 1.29 is 4.79 Å². The Morgan fingerprint density at radius 1 is 1.43 bits per heavy atom. The van der Waals surface area contributed by atoms with Gasteiger partial charge in [0, 0.05) is 19.4 Å². The first-order valence-corrected chi connectivity index (χ1v) is 6.10. The van der Waals surface area contributed by atoms with Crippen molar-refractivity contribution in [2.75, 3.05) is 0 Å². The molecule has 0 spiro atoms. The molecule has 0 aliphatic heterocycles. The number of ketones is 1. The predicted octanol–water partition coefficient (Wildman–Crippen LogP) is 0.0646. The van der Waals surface area contributed by atoms with Gasteiger partial charge in [0.1, 0.15) is 11.8 Å². The van der Waals surface area contributed by atoms with Crippen LogP contribution in [0.1, 0.15) is 28.5 Å². The highest BCUT2D eigenvalue weighted by Crippen LogP contribution is 2.03. The Kier molecular flexibility index (Phi) is 3.80. The first-order valence-electron chi connectivity index (χ1n) is 6.10. The van der Waals surface area contributed by atoms with Crippen molar-refractivity contribution in [3.8, 4) is 6.07 Å². The monoisotopic (exact) mass is 284 g/mol. The molecule has 0 unspecified atom stereocenters. The summed E-state index contributed by atoms with van der Waals surface area (Å²) in [5.74, 6) is -0.406. The van der Waals surface area contributed by atoms with Gasteiger partial charge >= 0.3 is 5.69 Å². The number of carbonyl (C=O) groups is 1. The number of carbonyl (C=O) groups excluding carboxylic acids is 1. The van der Waals surface area contributed by atoms with E-state index in [-0.39, 0.29) is 17.8 Å². The molecule has 21 heavy (non-hydrogen) atoms. The molecule has 106 valence electrons. The second-order valence-corrected chi connectivity index (χ2v) is 4.53. The Hall–Kier alpha value is -3.01. The van der Waals surface area contributed by atoms with Crippen molar-refractivity contribution >= 4 is 5.78 Å². The molecule has 2 aromatic rings. The summed E-state index contributed by atoms with van der Waals surface area (Å²) in [6.07, 6.45) is 2.71. The predicted molar refractivity (Wildman–Crippen MR) is 74.0 cm³/mol. The molecule has 0 saturated heterocycles. The summed E-state index contributed by atoms with van der Waals surface area (Å²) in [5, 5.41) is 8.81. The topological polar surface area (TPSA) is 97.8 Å². The number of nitriles is 1. The summed E-state index contributed by atoms with van der Waals surface area (Å²) in [6.45, 7) is 1.41. The van der Waals surface area contributed by atoms with E-state index in [0.717, 1.165) is 4.57 Å². The second-order valence-electron chi connectivity index (χ2n) is 4.53. The minimum Gasteiger partial charge on any atom is -0.295 e. The maximum atomic E-state index is 12.1. The van der Waals surface area contributed by atoms with Crippen LogP contribution in [-0.2, 0) is 13.6 Å². The molecule has 7 nitrogen and oxygen atoms in total. The third-order valence-electron chi connectivity index (χ3n) is 3.02. The molecule has 2 aromatic heterocycles. The molecule has 0 aliphatic rings. The van der Waals surface area contributed by atoms with Crippen LogP contribution < -0.4 is 11.2 Å². The number of rotatable bonds is 3. The Morgan fingerprint density at radius 2 is 2.14 bits per heavy atom. The van der Waals surface area contributed by atoms with Crippen LogP contribution in [0.3, 0.4) is 0 Å². The van der Waals surface area contributed by atoms with Gasteiger partial charge in [-0.05, 0) is 24.6 Å². The Labute approximate surface area is 119 Å². The van der Waals surface area contributed by atoms with Crippen LogP contribution in [0.4, 0.5) is 0 Å². The van der Waals surface area contributed by atoms with Gasteiger partial charge in [0.05, 0.1) is 12.1 Å². The molecular weight excluding hydrogens is 272 g/mol. The van der Waals surface area contributed by atoms with Gasteiger partial charge in [0.15, 0.2) is 5.78 Å². The molecule has 0 aromatic carbocycles. The summed E-state index contributed by atoms with van der Waals surface area (Å²) < 4.78 is 2.15. The van der Waals surface area contributed by atoms with Gasteiger partial charge < -0.3 is 0 Å². The van der Waals surface area contributed by atoms with E-state index >= 15 is 0 Å². The minimum absolute atomic E-state index is 0.0494. The van der Waals surface area contributed by atoms with Gasteiger partial charge in [-0.15, -0.1) is 0 Å². The molecule has 0 fully saturated rings. The molecule has 2 heterocycles. The first kappa shape index (κ1) is 14.4. The van der Waals surface area contributed by atoms with Crippen molar-refractivity contribution in [2.24, 2.45) is 7.05 Å². The number of hydrogen-bond acceptors (Lipinski definition) is 5. The third kappa shape index (κ3) is 2.79. The van der Waals surface area contributed by atoms with E-state index in [2.05, 4.69) is 4.98 Å². The van der Waals surface area contributed by atoms with E-state index < -0.39 is 17.0 Å². The number of nitrogens with zero attached hydrogens (tertiary/aromatic N) is 4. The van der Waals surface area contributed by atoms with Crippen LogP contribution in [0.2, 0.25) is 0 Å². The zero-order valence-electron chi connectivity index (χ0n) is 11.5. The highest BCUT2D eigenvalue weighted by molar-refractivity contribution is 5.93. The average Bonchev–Trinajstić information content (AvgIpc) is 2.47. The number of hydrogen-bond donors (Lipinski definition) is 0. The smallest absolute Gasteiger partial charge is 0.295 e. The van der Waals surface area contributed by atoms with Crippen LogP contribution in [0.15, 0.2) is 34.1 Å². The molecule has 0 radical (unpaired) electrons. The van der Waals surface area contributed by atoms with Gasteiger partial charge in [-0.1, -0.05) is 0 Å². The summed E-state index contributed by atoms with van der Waals surface area (Å²) in [6, 6.07) is 5.12. The van der Waals surface area contributed by atoms with E-state index in [0.29, 0.717) is 5.56 Å². The van der Waals surface area contributed by atoms with Crippen molar-refractivity contribution in [2.45, 2.75) is 13.5 Å². The normalized spacial score (nSPS) is 10.1. The average molecular weight is 284 g/mol. The van der Waals surface area contributed by atoms with Crippen LogP contribution in [0, 0.1) is 11.3 Å². The maximum Gasteiger partial charge on any atom is 0.331 e. The van der Waals surface area contributed by atoms with E-state index in [1.165, 1.54) is 30.9 Å². The fourth-order valence-corrected chi connectivity index (χ4v) is 1.91. The van der Waals surface area contributed by atoms with E-state index in [4.69, 9.17) is 5.26 Å². The Balaban J connectivity index is 2.55. The number of pyridine rings is 1. The number of aromatic nitrogens is 3. The van der Waals surface area contributed by atoms with Gasteiger partial charge in [0.25, 0.3) is 5.56 Å². The van der Waals surface area contributed by atoms with Crippen LogP contribution in [0.5, 0.6) is 0 Å². The maximum absolute atomic E-state index is 12.1. The zero-order valence-corrected chi connectivity index (χ0v) is 11.5. The molecule has 7 heteroatoms. The van der Waals surface area contributed by atoms with Crippen LogP contribution >= 0.6 is 0 Å². The Morgan fingerprint density at radius 3 is 2.76 bits per heavy atom. The lowest BCUT2D eigenvalue weighted by Crippen LogP contribution is -2.40. The van der Waals surface area contributed by atoms with Crippen LogP contribution in [0.25, 0.3) is 0 Å². The summed E-state index contributed by atoms with van der Waals surface area (Å²) in [7, 11) is 1.32. The van der Waals surface area contributed by atoms with E-state index in [1.807, 2.05) is 6.07 Å². The highest BCUT2D eigenvalue weighted by Gasteiger charge is 2.12. The van der Waals surface area contributed by atoms with Crippen molar-refractivity contribution in [3.63, 3.8) is 0 Å². The fraction of sp³-hybridized carbons (Fsp3) is 0.214. The quantitative estimate of drug-likeness (QED) is 0.742. The van der Waals surface area contributed by atoms with Gasteiger partial charge in [-0.3, -0.25) is 18.7 Å². The molecule has 0 aliphatic carbocycles. The molecule has 0 saturated carbocycles. The lowest BCUT2D eigenvalue weighted by molar-refractivity contribution is 0.101. The molecule has 0 N–H and O–H groups in total. The minimum atomic E-state index is -0.615. The fourth-order valence-electron chi connectivity index (χ4n) is 1.91.